The normalized spacial score (nSPS) is 9.38. The number of carboxylic acids is 2. The fourth-order valence-electron chi connectivity index (χ4n) is 1.25. The highest BCUT2D eigenvalue weighted by molar-refractivity contribution is 5.93. The molecule has 0 aliphatic rings. The third-order valence-corrected chi connectivity index (χ3v) is 2.30. The molecule has 0 bridgehead atoms. The van der Waals surface area contributed by atoms with Gasteiger partial charge in [-0.1, -0.05) is 6.07 Å². The van der Waals surface area contributed by atoms with E-state index in [1.807, 2.05) is 0 Å². The second-order valence-corrected chi connectivity index (χ2v) is 4.31. The van der Waals surface area contributed by atoms with Crippen LogP contribution in [0.1, 0.15) is 20.7 Å². The summed E-state index contributed by atoms with van der Waals surface area (Å²) < 4.78 is 9.26. The van der Waals surface area contributed by atoms with Gasteiger partial charge in [-0.25, -0.2) is 9.59 Å². The van der Waals surface area contributed by atoms with Gasteiger partial charge in [0.1, 0.15) is 0 Å². The van der Waals surface area contributed by atoms with Gasteiger partial charge in [-0.05, 0) is 18.2 Å². The molecule has 0 saturated carbocycles. The smallest absolute Gasteiger partial charge is 0.335 e. The Balaban J connectivity index is 0. The molecule has 0 atom stereocenters. The van der Waals surface area contributed by atoms with Gasteiger partial charge in [-0.3, -0.25) is 0 Å². The largest absolute Gasteiger partial charge is 0.478 e. The second kappa shape index (κ2) is 19.2. The summed E-state index contributed by atoms with van der Waals surface area (Å²) in [7, 11) is 0. The van der Waals surface area contributed by atoms with E-state index in [2.05, 4.69) is 9.47 Å². The molecule has 10 nitrogen and oxygen atoms in total. The zero-order chi connectivity index (χ0) is 20.2. The SMILES string of the molecule is O=C(O)c1cccc(C(=O)O)c1.OCCOCCO.OCCOCCO. The minimum absolute atomic E-state index is 0.0186. The lowest BCUT2D eigenvalue weighted by molar-refractivity contribution is 0.0649. The van der Waals surface area contributed by atoms with E-state index < -0.39 is 11.9 Å². The predicted molar refractivity (Wildman–Crippen MR) is 90.3 cm³/mol. The van der Waals surface area contributed by atoms with Crippen LogP contribution < -0.4 is 0 Å². The maximum absolute atomic E-state index is 10.4. The van der Waals surface area contributed by atoms with Gasteiger partial charge in [0, 0.05) is 0 Å². The number of aliphatic hydroxyl groups is 4. The summed E-state index contributed by atoms with van der Waals surface area (Å²) in [4.78, 5) is 20.8. The fraction of sp³-hybridized carbons (Fsp3) is 0.500. The molecule has 1 rings (SSSR count). The van der Waals surface area contributed by atoms with Gasteiger partial charge in [0.25, 0.3) is 0 Å². The molecule has 0 amide bonds. The minimum Gasteiger partial charge on any atom is -0.478 e. The third kappa shape index (κ3) is 16.8. The number of hydrogen-bond acceptors (Lipinski definition) is 8. The average molecular weight is 378 g/mol. The van der Waals surface area contributed by atoms with Crippen molar-refractivity contribution in [1.29, 1.82) is 0 Å². The molecular weight excluding hydrogens is 352 g/mol. The number of aromatic carboxylic acids is 2. The average Bonchev–Trinajstić information content (AvgIpc) is 2.64. The third-order valence-electron chi connectivity index (χ3n) is 2.30. The summed E-state index contributed by atoms with van der Waals surface area (Å²) in [5.74, 6) is -2.25. The standard InChI is InChI=1S/C8H6O4.2C4H10O3/c9-7(10)5-2-1-3-6(4-5)8(11)12;2*5-1-3-7-4-2-6/h1-4H,(H,9,10)(H,11,12);2*5-6H,1-4H2. The highest BCUT2D eigenvalue weighted by Gasteiger charge is 2.06. The number of carbonyl (C=O) groups is 2. The molecule has 0 aromatic heterocycles. The lowest BCUT2D eigenvalue weighted by Gasteiger charge is -1.95. The molecular formula is C16H26O10. The molecule has 1 aromatic carbocycles. The van der Waals surface area contributed by atoms with E-state index in [1.165, 1.54) is 18.2 Å². The van der Waals surface area contributed by atoms with Crippen molar-refractivity contribution >= 4 is 11.9 Å². The highest BCUT2D eigenvalue weighted by Crippen LogP contribution is 2.04. The first-order valence-electron chi connectivity index (χ1n) is 7.60. The van der Waals surface area contributed by atoms with Gasteiger partial charge in [0.2, 0.25) is 0 Å². The van der Waals surface area contributed by atoms with E-state index in [9.17, 15) is 9.59 Å². The fourth-order valence-corrected chi connectivity index (χ4v) is 1.25. The summed E-state index contributed by atoms with van der Waals surface area (Å²) in [5.41, 5.74) is -0.0372. The maximum atomic E-state index is 10.4. The van der Waals surface area contributed by atoms with Crippen LogP contribution in [0.5, 0.6) is 0 Å². The molecule has 0 aliphatic carbocycles. The van der Waals surface area contributed by atoms with Crippen LogP contribution in [-0.2, 0) is 9.47 Å². The van der Waals surface area contributed by atoms with Crippen molar-refractivity contribution in [2.45, 2.75) is 0 Å². The van der Waals surface area contributed by atoms with Crippen molar-refractivity contribution in [3.05, 3.63) is 35.4 Å². The van der Waals surface area contributed by atoms with E-state index in [0.29, 0.717) is 26.4 Å². The Hall–Kier alpha value is -2.08. The second-order valence-electron chi connectivity index (χ2n) is 4.31. The van der Waals surface area contributed by atoms with Gasteiger partial charge >= 0.3 is 11.9 Å². The first-order chi connectivity index (χ1) is 12.4. The Labute approximate surface area is 150 Å². The van der Waals surface area contributed by atoms with Crippen LogP contribution in [0.4, 0.5) is 0 Å². The van der Waals surface area contributed by atoms with Crippen molar-refractivity contribution in [2.24, 2.45) is 0 Å². The maximum Gasteiger partial charge on any atom is 0.335 e. The number of rotatable bonds is 10. The molecule has 1 aromatic rings. The van der Waals surface area contributed by atoms with Gasteiger partial charge in [0.05, 0.1) is 64.0 Å². The quantitative estimate of drug-likeness (QED) is 0.279. The van der Waals surface area contributed by atoms with E-state index in [1.54, 1.807) is 0 Å². The molecule has 150 valence electrons. The van der Waals surface area contributed by atoms with Gasteiger partial charge < -0.3 is 40.1 Å². The molecule has 26 heavy (non-hydrogen) atoms. The zero-order valence-corrected chi connectivity index (χ0v) is 14.3. The topological polar surface area (TPSA) is 174 Å². The number of ether oxygens (including phenoxy) is 2. The summed E-state index contributed by atoms with van der Waals surface area (Å²) in [6, 6.07) is 5.20. The van der Waals surface area contributed by atoms with Crippen LogP contribution in [0.3, 0.4) is 0 Å². The van der Waals surface area contributed by atoms with Gasteiger partial charge in [0.15, 0.2) is 0 Å². The molecule has 6 N–H and O–H groups in total. The van der Waals surface area contributed by atoms with Crippen molar-refractivity contribution in [3.63, 3.8) is 0 Å². The van der Waals surface area contributed by atoms with Crippen LogP contribution >= 0.6 is 0 Å². The van der Waals surface area contributed by atoms with Gasteiger partial charge in [-0.2, -0.15) is 0 Å². The molecule has 10 heteroatoms. The zero-order valence-electron chi connectivity index (χ0n) is 14.3. The number of benzene rings is 1. The Kier molecular flexibility index (Phi) is 19.4. The van der Waals surface area contributed by atoms with Crippen LogP contribution in [-0.4, -0.2) is 95.4 Å². The van der Waals surface area contributed by atoms with E-state index in [0.717, 1.165) is 6.07 Å². The van der Waals surface area contributed by atoms with Crippen LogP contribution in [0.25, 0.3) is 0 Å². The lowest BCUT2D eigenvalue weighted by Crippen LogP contribution is -2.03. The molecule has 0 aliphatic heterocycles. The monoisotopic (exact) mass is 378 g/mol. The molecule has 0 saturated heterocycles. The molecule has 0 heterocycles. The Morgan fingerprint density at radius 1 is 0.692 bits per heavy atom. The van der Waals surface area contributed by atoms with Crippen molar-refractivity contribution in [3.8, 4) is 0 Å². The Morgan fingerprint density at radius 3 is 1.23 bits per heavy atom. The Bertz CT molecular complexity index is 431. The number of carboxylic acid groups (broad SMARTS) is 2. The highest BCUT2D eigenvalue weighted by atomic mass is 16.5. The van der Waals surface area contributed by atoms with Gasteiger partial charge in [-0.15, -0.1) is 0 Å². The van der Waals surface area contributed by atoms with Crippen molar-refractivity contribution in [1.82, 2.24) is 0 Å². The van der Waals surface area contributed by atoms with Crippen molar-refractivity contribution < 1.29 is 49.7 Å². The first kappa shape index (κ1) is 26.2. The van der Waals surface area contributed by atoms with Crippen LogP contribution in [0.2, 0.25) is 0 Å². The number of hydrogen-bond donors (Lipinski definition) is 6. The van der Waals surface area contributed by atoms with E-state index >= 15 is 0 Å². The lowest BCUT2D eigenvalue weighted by atomic mass is 10.1. The summed E-state index contributed by atoms with van der Waals surface area (Å²) in [6.07, 6.45) is 0. The minimum atomic E-state index is -1.13. The van der Waals surface area contributed by atoms with E-state index in [-0.39, 0.29) is 37.6 Å². The summed E-state index contributed by atoms with van der Waals surface area (Å²) >= 11 is 0. The first-order valence-corrected chi connectivity index (χ1v) is 7.60. The Morgan fingerprint density at radius 2 is 1.00 bits per heavy atom. The van der Waals surface area contributed by atoms with Crippen LogP contribution in [0, 0.1) is 0 Å². The number of aliphatic hydroxyl groups excluding tert-OH is 4. The van der Waals surface area contributed by atoms with Crippen molar-refractivity contribution in [2.75, 3.05) is 52.9 Å². The van der Waals surface area contributed by atoms with Crippen LogP contribution in [0.15, 0.2) is 24.3 Å². The molecule has 0 radical (unpaired) electrons. The summed E-state index contributed by atoms with van der Waals surface area (Å²) in [5, 5.41) is 49.3. The molecule has 0 unspecified atom stereocenters. The predicted octanol–water partition coefficient (Wildman–Crippen LogP) is -0.942. The summed E-state index contributed by atoms with van der Waals surface area (Å²) in [6.45, 7) is 1.39. The molecule has 0 spiro atoms. The van der Waals surface area contributed by atoms with E-state index in [4.69, 9.17) is 30.6 Å². The molecule has 0 fully saturated rings.